The van der Waals surface area contributed by atoms with Crippen LogP contribution in [0.3, 0.4) is 0 Å². The quantitative estimate of drug-likeness (QED) is 0.663. The summed E-state index contributed by atoms with van der Waals surface area (Å²) in [7, 11) is -1.52. The third-order valence-corrected chi connectivity index (χ3v) is 6.68. The molecule has 0 bridgehead atoms. The molecule has 152 valence electrons. The summed E-state index contributed by atoms with van der Waals surface area (Å²) in [5.41, 5.74) is 1.63. The van der Waals surface area contributed by atoms with Gasteiger partial charge in [-0.3, -0.25) is 9.48 Å². The topological polar surface area (TPSA) is 103 Å². The highest BCUT2D eigenvalue weighted by Gasteiger charge is 2.32. The maximum Gasteiger partial charge on any atom is 0.272 e. The molecule has 8 nitrogen and oxygen atoms in total. The fraction of sp³-hybridized carbons (Fsp3) is 0.300. The Balaban J connectivity index is 1.59. The maximum atomic E-state index is 12.7. The first-order chi connectivity index (χ1) is 14.0. The van der Waals surface area contributed by atoms with Gasteiger partial charge in [0.25, 0.3) is 5.91 Å². The third-order valence-electron chi connectivity index (χ3n) is 4.93. The molecule has 2 aromatic heterocycles. The second kappa shape index (κ2) is 7.75. The summed E-state index contributed by atoms with van der Waals surface area (Å²) < 4.78 is 36.2. The van der Waals surface area contributed by atoms with Gasteiger partial charge in [0.05, 0.1) is 30.9 Å². The van der Waals surface area contributed by atoms with Crippen molar-refractivity contribution in [3.8, 4) is 17.2 Å². The lowest BCUT2D eigenvalue weighted by Gasteiger charge is -2.11. The number of carbonyl (C=O) groups is 1. The lowest BCUT2D eigenvalue weighted by molar-refractivity contribution is 0.0944. The first-order valence-electron chi connectivity index (χ1n) is 9.21. The van der Waals surface area contributed by atoms with E-state index in [0.29, 0.717) is 23.6 Å². The van der Waals surface area contributed by atoms with Crippen LogP contribution in [-0.2, 0) is 16.4 Å². The fourth-order valence-electron chi connectivity index (χ4n) is 3.48. The molecule has 4 rings (SSSR count). The van der Waals surface area contributed by atoms with Gasteiger partial charge in [-0.25, -0.2) is 8.42 Å². The van der Waals surface area contributed by atoms with Crippen LogP contribution in [0.2, 0.25) is 0 Å². The first kappa shape index (κ1) is 19.3. The molecule has 3 heterocycles. The highest BCUT2D eigenvalue weighted by Crippen LogP contribution is 2.30. The molecule has 29 heavy (non-hydrogen) atoms. The van der Waals surface area contributed by atoms with Gasteiger partial charge in [0.1, 0.15) is 11.4 Å². The molecule has 1 aliphatic rings. The number of hydrogen-bond acceptors (Lipinski definition) is 6. The van der Waals surface area contributed by atoms with Crippen molar-refractivity contribution in [2.45, 2.75) is 19.0 Å². The number of hydrogen-bond donors (Lipinski definition) is 1. The molecule has 1 fully saturated rings. The van der Waals surface area contributed by atoms with Gasteiger partial charge < -0.3 is 14.5 Å². The van der Waals surface area contributed by atoms with Gasteiger partial charge >= 0.3 is 0 Å². The molecule has 0 aliphatic carbocycles. The Hall–Kier alpha value is -3.07. The normalized spacial score (nSPS) is 17.9. The van der Waals surface area contributed by atoms with Crippen molar-refractivity contribution >= 4 is 15.7 Å². The molecule has 3 aromatic rings. The molecule has 0 saturated carbocycles. The number of amides is 1. The molecule has 1 amide bonds. The lowest BCUT2D eigenvalue weighted by Crippen LogP contribution is -2.24. The standard InChI is InChI=1S/C20H21N3O5S/c1-27-18-6-3-2-5-14(18)12-21-20(24)16-11-17(19-7-4-9-28-19)23(22-16)15-8-10-29(25,26)13-15/h2-7,9,11,15H,8,10,12-13H2,1H3,(H,21,24). The maximum absolute atomic E-state index is 12.7. The van der Waals surface area contributed by atoms with Crippen LogP contribution in [0.4, 0.5) is 0 Å². The summed E-state index contributed by atoms with van der Waals surface area (Å²) in [6, 6.07) is 12.2. The zero-order chi connectivity index (χ0) is 20.4. The van der Waals surface area contributed by atoms with Crippen molar-refractivity contribution in [1.82, 2.24) is 15.1 Å². The second-order valence-electron chi connectivity index (χ2n) is 6.89. The number of benzene rings is 1. The minimum Gasteiger partial charge on any atom is -0.496 e. The van der Waals surface area contributed by atoms with E-state index in [1.54, 1.807) is 30.0 Å². The van der Waals surface area contributed by atoms with Crippen LogP contribution >= 0.6 is 0 Å². The summed E-state index contributed by atoms with van der Waals surface area (Å²) in [5, 5.41) is 7.26. The number of nitrogens with one attached hydrogen (secondary N) is 1. The highest BCUT2D eigenvalue weighted by molar-refractivity contribution is 7.91. The predicted molar refractivity (Wildman–Crippen MR) is 106 cm³/mol. The Morgan fingerprint density at radius 1 is 1.31 bits per heavy atom. The van der Waals surface area contributed by atoms with Crippen molar-refractivity contribution in [1.29, 1.82) is 0 Å². The second-order valence-corrected chi connectivity index (χ2v) is 9.12. The molecular formula is C20H21N3O5S. The molecule has 0 spiro atoms. The van der Waals surface area contributed by atoms with E-state index in [2.05, 4.69) is 10.4 Å². The molecule has 1 saturated heterocycles. The smallest absolute Gasteiger partial charge is 0.272 e. The first-order valence-corrected chi connectivity index (χ1v) is 11.0. The van der Waals surface area contributed by atoms with Gasteiger partial charge in [0.2, 0.25) is 0 Å². The zero-order valence-electron chi connectivity index (χ0n) is 15.9. The molecule has 1 unspecified atom stereocenters. The number of carbonyl (C=O) groups excluding carboxylic acids is 1. The van der Waals surface area contributed by atoms with Gasteiger partial charge in [-0.05, 0) is 24.6 Å². The summed E-state index contributed by atoms with van der Waals surface area (Å²) in [6.07, 6.45) is 1.99. The van der Waals surface area contributed by atoms with Crippen LogP contribution < -0.4 is 10.1 Å². The minimum absolute atomic E-state index is 0.00462. The van der Waals surface area contributed by atoms with E-state index in [1.165, 1.54) is 6.26 Å². The van der Waals surface area contributed by atoms with Crippen LogP contribution in [0.25, 0.3) is 11.5 Å². The average Bonchev–Trinajstić information content (AvgIpc) is 3.45. The third kappa shape index (κ3) is 4.04. The van der Waals surface area contributed by atoms with E-state index in [9.17, 15) is 13.2 Å². The predicted octanol–water partition coefficient (Wildman–Crippen LogP) is 2.44. The molecule has 1 atom stereocenters. The van der Waals surface area contributed by atoms with E-state index in [4.69, 9.17) is 9.15 Å². The van der Waals surface area contributed by atoms with E-state index >= 15 is 0 Å². The zero-order valence-corrected chi connectivity index (χ0v) is 16.7. The monoisotopic (exact) mass is 415 g/mol. The van der Waals surface area contributed by atoms with E-state index in [0.717, 1.165) is 5.56 Å². The van der Waals surface area contributed by atoms with Crippen molar-refractivity contribution in [2.24, 2.45) is 0 Å². The number of nitrogens with zero attached hydrogens (tertiary/aromatic N) is 2. The van der Waals surface area contributed by atoms with Crippen molar-refractivity contribution in [3.05, 3.63) is 60.0 Å². The van der Waals surface area contributed by atoms with Crippen molar-refractivity contribution < 1.29 is 22.4 Å². The van der Waals surface area contributed by atoms with E-state index in [1.807, 2.05) is 24.3 Å². The lowest BCUT2D eigenvalue weighted by atomic mass is 10.2. The van der Waals surface area contributed by atoms with Crippen molar-refractivity contribution in [2.75, 3.05) is 18.6 Å². The number of methoxy groups -OCH3 is 1. The van der Waals surface area contributed by atoms with Crippen LogP contribution in [0.1, 0.15) is 28.5 Å². The number of sulfone groups is 1. The minimum atomic E-state index is -3.10. The van der Waals surface area contributed by atoms with Crippen molar-refractivity contribution in [3.63, 3.8) is 0 Å². The molecule has 1 aliphatic heterocycles. The number of aromatic nitrogens is 2. The Morgan fingerprint density at radius 3 is 2.83 bits per heavy atom. The molecule has 1 N–H and O–H groups in total. The van der Waals surface area contributed by atoms with Gasteiger partial charge in [-0.15, -0.1) is 0 Å². The number of furan rings is 1. The Labute approximate surface area is 168 Å². The highest BCUT2D eigenvalue weighted by atomic mass is 32.2. The van der Waals surface area contributed by atoms with Crippen LogP contribution in [0.15, 0.2) is 53.1 Å². The van der Waals surface area contributed by atoms with Crippen LogP contribution in [0.5, 0.6) is 5.75 Å². The number of ether oxygens (including phenoxy) is 1. The van der Waals surface area contributed by atoms with E-state index in [-0.39, 0.29) is 35.7 Å². The van der Waals surface area contributed by atoms with E-state index < -0.39 is 9.84 Å². The number of rotatable bonds is 6. The largest absolute Gasteiger partial charge is 0.496 e. The van der Waals surface area contributed by atoms with Crippen LogP contribution in [0, 0.1) is 0 Å². The van der Waals surface area contributed by atoms with Gasteiger partial charge in [0.15, 0.2) is 21.3 Å². The average molecular weight is 415 g/mol. The fourth-order valence-corrected chi connectivity index (χ4v) is 5.17. The summed E-state index contributed by atoms with van der Waals surface area (Å²) in [6.45, 7) is 0.281. The molecule has 9 heteroatoms. The Morgan fingerprint density at radius 2 is 2.14 bits per heavy atom. The molecule has 1 aromatic carbocycles. The number of para-hydroxylation sites is 1. The summed E-state index contributed by atoms with van der Waals surface area (Å²) >= 11 is 0. The Bertz CT molecular complexity index is 1120. The SMILES string of the molecule is COc1ccccc1CNC(=O)c1cc(-c2ccco2)n(C2CCS(=O)(=O)C2)n1. The Kier molecular flexibility index (Phi) is 5.14. The van der Waals surface area contributed by atoms with Gasteiger partial charge in [0, 0.05) is 18.2 Å². The summed E-state index contributed by atoms with van der Waals surface area (Å²) in [4.78, 5) is 12.7. The van der Waals surface area contributed by atoms with Crippen LogP contribution in [-0.4, -0.2) is 42.7 Å². The van der Waals surface area contributed by atoms with Gasteiger partial charge in [-0.2, -0.15) is 5.10 Å². The molecular weight excluding hydrogens is 394 g/mol. The summed E-state index contributed by atoms with van der Waals surface area (Å²) in [5.74, 6) is 0.981. The van der Waals surface area contributed by atoms with Gasteiger partial charge in [-0.1, -0.05) is 18.2 Å². The molecule has 0 radical (unpaired) electrons.